The monoisotopic (exact) mass is 600 g/mol. The maximum Gasteiger partial charge on any atom is 0.264 e. The predicted octanol–water partition coefficient (Wildman–Crippen LogP) is 3.83. The van der Waals surface area contributed by atoms with Gasteiger partial charge in [-0.15, -0.1) is 0 Å². The quantitative estimate of drug-likeness (QED) is 0.426. The van der Waals surface area contributed by atoms with E-state index in [0.29, 0.717) is 25.4 Å². The number of nitrogens with one attached hydrogen (secondary N) is 1. The van der Waals surface area contributed by atoms with Gasteiger partial charge in [-0.3, -0.25) is 4.79 Å². The number of nitrogens with zero attached hydrogens (tertiary/aromatic N) is 1. The summed E-state index contributed by atoms with van der Waals surface area (Å²) in [5.74, 6) is -0.506. The second kappa shape index (κ2) is 11.2. The van der Waals surface area contributed by atoms with Crippen molar-refractivity contribution in [3.8, 4) is 5.75 Å². The molecule has 2 aromatic carbocycles. The molecule has 4 aliphatic rings. The molecule has 2 aliphatic carbocycles. The summed E-state index contributed by atoms with van der Waals surface area (Å²) in [4.78, 5) is 15.4. The molecule has 1 spiro atoms. The van der Waals surface area contributed by atoms with Crippen LogP contribution in [0.1, 0.15) is 53.6 Å². The fraction of sp³-hybridized carbons (Fsp3) is 0.516. The maximum atomic E-state index is 13.2. The van der Waals surface area contributed by atoms with Crippen molar-refractivity contribution in [3.63, 3.8) is 0 Å². The van der Waals surface area contributed by atoms with Crippen molar-refractivity contribution >= 4 is 33.2 Å². The lowest BCUT2D eigenvalue weighted by molar-refractivity contribution is 0.0453. The first-order valence-electron chi connectivity index (χ1n) is 14.5. The zero-order chi connectivity index (χ0) is 28.8. The van der Waals surface area contributed by atoms with E-state index >= 15 is 0 Å². The van der Waals surface area contributed by atoms with Gasteiger partial charge in [0.1, 0.15) is 5.75 Å². The van der Waals surface area contributed by atoms with Crippen molar-refractivity contribution in [1.82, 2.24) is 4.72 Å². The Bertz CT molecular complexity index is 1460. The molecule has 0 unspecified atom stereocenters. The number of aryl methyl sites for hydroxylation is 1. The molecule has 41 heavy (non-hydrogen) atoms. The van der Waals surface area contributed by atoms with E-state index in [4.69, 9.17) is 16.3 Å². The Labute approximate surface area is 246 Å². The molecule has 220 valence electrons. The van der Waals surface area contributed by atoms with Crippen molar-refractivity contribution in [1.29, 1.82) is 0 Å². The number of sulfonamides is 1. The van der Waals surface area contributed by atoms with E-state index in [1.807, 2.05) is 6.07 Å². The summed E-state index contributed by atoms with van der Waals surface area (Å²) in [6.07, 6.45) is 7.64. The highest BCUT2D eigenvalue weighted by atomic mass is 35.5. The number of aliphatic hydroxyl groups excluding tert-OH is 2. The van der Waals surface area contributed by atoms with E-state index in [2.05, 4.69) is 21.8 Å². The van der Waals surface area contributed by atoms with Crippen molar-refractivity contribution in [2.24, 2.45) is 17.8 Å². The highest BCUT2D eigenvalue weighted by Gasteiger charge is 2.44. The number of hydrogen-bond donors (Lipinski definition) is 3. The lowest BCUT2D eigenvalue weighted by Gasteiger charge is -2.45. The van der Waals surface area contributed by atoms with Crippen LogP contribution in [0.5, 0.6) is 5.75 Å². The van der Waals surface area contributed by atoms with Gasteiger partial charge in [0.2, 0.25) is 10.0 Å². The van der Waals surface area contributed by atoms with Crippen molar-refractivity contribution in [3.05, 3.63) is 70.3 Å². The van der Waals surface area contributed by atoms with E-state index in [9.17, 15) is 23.4 Å². The second-order valence-corrected chi connectivity index (χ2v) is 14.4. The summed E-state index contributed by atoms with van der Waals surface area (Å²) in [5, 5.41) is 21.6. The molecule has 0 aromatic heterocycles. The van der Waals surface area contributed by atoms with Gasteiger partial charge >= 0.3 is 0 Å². The maximum absolute atomic E-state index is 13.2. The zero-order valence-electron chi connectivity index (χ0n) is 23.0. The molecule has 2 bridgehead atoms. The Kier molecular flexibility index (Phi) is 7.82. The van der Waals surface area contributed by atoms with E-state index < -0.39 is 28.0 Å². The number of anilines is 1. The van der Waals surface area contributed by atoms with Gasteiger partial charge in [-0.2, -0.15) is 0 Å². The number of carbonyl (C=O) groups excluding carboxylic acids is 1. The molecule has 0 radical (unpaired) electrons. The Balaban J connectivity index is 1.41. The third-order valence-electron chi connectivity index (χ3n) is 9.49. The molecular weight excluding hydrogens is 564 g/mol. The molecular formula is C31H37ClN2O6S. The van der Waals surface area contributed by atoms with Crippen LogP contribution in [0.4, 0.5) is 5.69 Å². The standard InChI is InChI=1S/C31H37ClN2O6S/c32-24-6-8-26-21(14-24)2-1-12-31(26)18-34-16-23-4-7-25(23)28(36)9-3-20(17-35)11-13-41(38,39)33-30(37)22-5-10-29(40-19-31)27(34)15-22/h3,5-6,8-10,14-15,20,23,25,28,35-36H,1-2,4,7,11-13,16-19H2,(H,33,37)/b9-3-/t20-,23+,25-,28+,31+/m1/s1. The van der Waals surface area contributed by atoms with Crippen LogP contribution in [0.15, 0.2) is 48.6 Å². The number of amides is 1. The van der Waals surface area contributed by atoms with Crippen LogP contribution in [-0.4, -0.2) is 62.7 Å². The minimum Gasteiger partial charge on any atom is -0.490 e. The molecule has 10 heteroatoms. The smallest absolute Gasteiger partial charge is 0.264 e. The average molecular weight is 601 g/mol. The topological polar surface area (TPSA) is 116 Å². The minimum atomic E-state index is -3.94. The third kappa shape index (κ3) is 5.74. The number of aliphatic hydroxyl groups is 2. The van der Waals surface area contributed by atoms with Crippen molar-refractivity contribution < 1.29 is 28.2 Å². The minimum absolute atomic E-state index is 0.0507. The number of ether oxygens (including phenoxy) is 1. The third-order valence-corrected chi connectivity index (χ3v) is 11.0. The summed E-state index contributed by atoms with van der Waals surface area (Å²) in [6, 6.07) is 11.2. The number of carbonyl (C=O) groups is 1. The van der Waals surface area contributed by atoms with Gasteiger partial charge in [0.15, 0.2) is 0 Å². The average Bonchev–Trinajstić information content (AvgIpc) is 3.07. The largest absolute Gasteiger partial charge is 0.490 e. The number of rotatable bonds is 1. The Morgan fingerprint density at radius 1 is 1.12 bits per heavy atom. The first kappa shape index (κ1) is 28.5. The molecule has 2 heterocycles. The molecule has 0 saturated heterocycles. The van der Waals surface area contributed by atoms with Crippen LogP contribution in [0.25, 0.3) is 0 Å². The second-order valence-electron chi connectivity index (χ2n) is 12.1. The fourth-order valence-corrected chi connectivity index (χ4v) is 8.34. The molecule has 3 N–H and O–H groups in total. The van der Waals surface area contributed by atoms with Crippen LogP contribution in [-0.2, 0) is 21.9 Å². The van der Waals surface area contributed by atoms with Gasteiger partial charge in [-0.1, -0.05) is 29.8 Å². The van der Waals surface area contributed by atoms with Crippen LogP contribution < -0.4 is 14.4 Å². The first-order chi connectivity index (χ1) is 19.7. The summed E-state index contributed by atoms with van der Waals surface area (Å²) < 4.78 is 34.2. The van der Waals surface area contributed by atoms with E-state index in [-0.39, 0.29) is 41.6 Å². The van der Waals surface area contributed by atoms with Gasteiger partial charge in [0, 0.05) is 41.6 Å². The number of benzene rings is 2. The van der Waals surface area contributed by atoms with Gasteiger partial charge in [-0.25, -0.2) is 13.1 Å². The van der Waals surface area contributed by atoms with Crippen LogP contribution in [0.2, 0.25) is 5.02 Å². The normalized spacial score (nSPS) is 32.0. The molecule has 5 atom stereocenters. The van der Waals surface area contributed by atoms with Crippen molar-refractivity contribution in [2.75, 3.05) is 37.0 Å². The first-order valence-corrected chi connectivity index (χ1v) is 16.5. The highest BCUT2D eigenvalue weighted by molar-refractivity contribution is 7.90. The molecule has 1 amide bonds. The lowest BCUT2D eigenvalue weighted by Crippen LogP contribution is -2.49. The Morgan fingerprint density at radius 2 is 1.98 bits per heavy atom. The van der Waals surface area contributed by atoms with Gasteiger partial charge in [-0.05, 0) is 91.8 Å². The van der Waals surface area contributed by atoms with Crippen LogP contribution in [0.3, 0.4) is 0 Å². The number of hydrogen-bond acceptors (Lipinski definition) is 7. The molecule has 2 aromatic rings. The lowest BCUT2D eigenvalue weighted by atomic mass is 9.68. The Hall–Kier alpha value is -2.59. The zero-order valence-corrected chi connectivity index (χ0v) is 24.5. The summed E-state index contributed by atoms with van der Waals surface area (Å²) in [5.41, 5.74) is 3.19. The van der Waals surface area contributed by atoms with E-state index in [1.54, 1.807) is 30.4 Å². The summed E-state index contributed by atoms with van der Waals surface area (Å²) in [7, 11) is -3.94. The predicted molar refractivity (Wildman–Crippen MR) is 158 cm³/mol. The summed E-state index contributed by atoms with van der Waals surface area (Å²) in [6.45, 7) is 1.57. The summed E-state index contributed by atoms with van der Waals surface area (Å²) >= 11 is 6.36. The van der Waals surface area contributed by atoms with Gasteiger partial charge < -0.3 is 19.8 Å². The molecule has 1 saturated carbocycles. The van der Waals surface area contributed by atoms with Crippen molar-refractivity contribution in [2.45, 2.75) is 50.0 Å². The molecule has 2 aliphatic heterocycles. The SMILES string of the molecule is O=C1NS(=O)(=O)CC[C@H](CO)/C=C\[C@H](O)[C@@H]2CC[C@H]2CN2C[C@@]3(CCCc4cc(Cl)ccc43)COc3ccc1cc32. The van der Waals surface area contributed by atoms with Gasteiger partial charge in [0.25, 0.3) is 5.91 Å². The van der Waals surface area contributed by atoms with E-state index in [0.717, 1.165) is 42.8 Å². The van der Waals surface area contributed by atoms with Gasteiger partial charge in [0.05, 0.1) is 24.2 Å². The van der Waals surface area contributed by atoms with Crippen LogP contribution >= 0.6 is 11.6 Å². The van der Waals surface area contributed by atoms with Crippen LogP contribution in [0, 0.1) is 17.8 Å². The molecule has 1 fully saturated rings. The molecule has 6 rings (SSSR count). The Morgan fingerprint density at radius 3 is 2.76 bits per heavy atom. The van der Waals surface area contributed by atoms with E-state index in [1.165, 1.54) is 11.1 Å². The highest BCUT2D eigenvalue weighted by Crippen LogP contribution is 2.46. The number of halogens is 1. The molecule has 8 nitrogen and oxygen atoms in total. The number of fused-ring (bicyclic) bond motifs is 4. The fourth-order valence-electron chi connectivity index (χ4n) is 7.03.